The lowest BCUT2D eigenvalue weighted by molar-refractivity contribution is -0.143. The van der Waals surface area contributed by atoms with Gasteiger partial charge in [-0.2, -0.15) is 0 Å². The van der Waals surface area contributed by atoms with Crippen molar-refractivity contribution in [3.63, 3.8) is 0 Å². The van der Waals surface area contributed by atoms with Gasteiger partial charge in [-0.25, -0.2) is 0 Å². The van der Waals surface area contributed by atoms with E-state index in [1.54, 1.807) is 6.92 Å². The Kier molecular flexibility index (Phi) is 6.70. The van der Waals surface area contributed by atoms with E-state index in [0.717, 1.165) is 0 Å². The number of ether oxygens (including phenoxy) is 1. The van der Waals surface area contributed by atoms with Crippen molar-refractivity contribution in [3.05, 3.63) is 0 Å². The third kappa shape index (κ3) is 6.06. The van der Waals surface area contributed by atoms with Crippen LogP contribution < -0.4 is 11.1 Å². The predicted octanol–water partition coefficient (Wildman–Crippen LogP) is 0.0391. The summed E-state index contributed by atoms with van der Waals surface area (Å²) in [4.78, 5) is 22.3. The van der Waals surface area contributed by atoms with Gasteiger partial charge in [-0.05, 0) is 12.8 Å². The first kappa shape index (κ1) is 13.9. The molecule has 0 aromatic rings. The maximum atomic E-state index is 11.3. The van der Waals surface area contributed by atoms with E-state index in [1.165, 1.54) is 0 Å². The van der Waals surface area contributed by atoms with Crippen LogP contribution in [-0.4, -0.2) is 31.1 Å². The molecule has 0 spiro atoms. The van der Waals surface area contributed by atoms with Gasteiger partial charge in [-0.1, -0.05) is 13.8 Å². The van der Waals surface area contributed by atoms with E-state index in [9.17, 15) is 9.59 Å². The minimum absolute atomic E-state index is 0.0904. The Labute approximate surface area is 90.4 Å². The zero-order chi connectivity index (χ0) is 11.8. The molecule has 0 aliphatic carbocycles. The minimum atomic E-state index is -0.521. The first-order valence-electron chi connectivity index (χ1n) is 5.18. The topological polar surface area (TPSA) is 81.4 Å². The number of nitrogens with two attached hydrogens (primary N) is 1. The van der Waals surface area contributed by atoms with Crippen LogP contribution in [0.1, 0.15) is 27.2 Å². The molecule has 0 bridgehead atoms. The van der Waals surface area contributed by atoms with E-state index in [4.69, 9.17) is 10.5 Å². The van der Waals surface area contributed by atoms with E-state index >= 15 is 0 Å². The fourth-order valence-corrected chi connectivity index (χ4v) is 0.942. The molecule has 1 atom stereocenters. The fraction of sp³-hybridized carbons (Fsp3) is 0.800. The van der Waals surface area contributed by atoms with E-state index in [1.807, 2.05) is 13.8 Å². The van der Waals surface area contributed by atoms with E-state index in [0.29, 0.717) is 6.61 Å². The van der Waals surface area contributed by atoms with E-state index in [2.05, 4.69) is 5.32 Å². The molecule has 0 saturated carbocycles. The smallest absolute Gasteiger partial charge is 0.307 e. The first-order valence-corrected chi connectivity index (χ1v) is 5.18. The van der Waals surface area contributed by atoms with Crippen LogP contribution in [0.4, 0.5) is 0 Å². The van der Waals surface area contributed by atoms with Crippen LogP contribution in [0.25, 0.3) is 0 Å². The Balaban J connectivity index is 3.68. The molecule has 0 unspecified atom stereocenters. The highest BCUT2D eigenvalue weighted by Gasteiger charge is 2.16. The Morgan fingerprint density at radius 3 is 2.47 bits per heavy atom. The number of hydrogen-bond acceptors (Lipinski definition) is 4. The summed E-state index contributed by atoms with van der Waals surface area (Å²) < 4.78 is 4.71. The summed E-state index contributed by atoms with van der Waals surface area (Å²) in [6.07, 6.45) is 0.185. The highest BCUT2D eigenvalue weighted by molar-refractivity contribution is 5.82. The Hall–Kier alpha value is -1.10. The quantitative estimate of drug-likeness (QED) is 0.614. The summed E-state index contributed by atoms with van der Waals surface area (Å²) in [5, 5.41) is 2.59. The fourth-order valence-electron chi connectivity index (χ4n) is 0.942. The number of esters is 1. The van der Waals surface area contributed by atoms with Crippen molar-refractivity contribution >= 4 is 11.9 Å². The lowest BCUT2D eigenvalue weighted by atomic mass is 10.1. The standard InChI is InChI=1S/C10H20N2O3/c1-4-15-8(13)5-6-12-10(14)9(11)7(2)3/h7,9H,4-6,11H2,1-3H3,(H,12,14)/t9-/m0/s1. The molecule has 0 heterocycles. The molecule has 15 heavy (non-hydrogen) atoms. The van der Waals surface area contributed by atoms with E-state index in [-0.39, 0.29) is 30.8 Å². The van der Waals surface area contributed by atoms with Crippen molar-refractivity contribution in [2.75, 3.05) is 13.2 Å². The highest BCUT2D eigenvalue weighted by atomic mass is 16.5. The lowest BCUT2D eigenvalue weighted by Gasteiger charge is -2.14. The number of nitrogens with one attached hydrogen (secondary N) is 1. The molecule has 0 aromatic heterocycles. The summed E-state index contributed by atoms with van der Waals surface area (Å²) in [5.74, 6) is -0.446. The van der Waals surface area contributed by atoms with Gasteiger partial charge >= 0.3 is 5.97 Å². The zero-order valence-corrected chi connectivity index (χ0v) is 9.58. The number of amides is 1. The highest BCUT2D eigenvalue weighted by Crippen LogP contribution is 1.97. The largest absolute Gasteiger partial charge is 0.466 e. The molecule has 0 saturated heterocycles. The Bertz CT molecular complexity index is 217. The van der Waals surface area contributed by atoms with Gasteiger partial charge in [-0.15, -0.1) is 0 Å². The summed E-state index contributed by atoms with van der Waals surface area (Å²) >= 11 is 0. The van der Waals surface area contributed by atoms with Gasteiger partial charge in [0.05, 0.1) is 19.1 Å². The van der Waals surface area contributed by atoms with Gasteiger partial charge < -0.3 is 15.8 Å². The van der Waals surface area contributed by atoms with Gasteiger partial charge in [0.25, 0.3) is 0 Å². The van der Waals surface area contributed by atoms with Crippen LogP contribution in [0.3, 0.4) is 0 Å². The number of carbonyl (C=O) groups excluding carboxylic acids is 2. The second kappa shape index (κ2) is 7.23. The van der Waals surface area contributed by atoms with Crippen LogP contribution in [0.15, 0.2) is 0 Å². The molecule has 0 aromatic carbocycles. The van der Waals surface area contributed by atoms with Crippen LogP contribution in [0, 0.1) is 5.92 Å². The van der Waals surface area contributed by atoms with Gasteiger partial charge in [0.15, 0.2) is 0 Å². The second-order valence-electron chi connectivity index (χ2n) is 3.62. The van der Waals surface area contributed by atoms with Gasteiger partial charge in [-0.3, -0.25) is 9.59 Å². The van der Waals surface area contributed by atoms with Crippen LogP contribution in [-0.2, 0) is 14.3 Å². The molecule has 0 radical (unpaired) electrons. The summed E-state index contributed by atoms with van der Waals surface area (Å²) in [6.45, 7) is 6.12. The zero-order valence-electron chi connectivity index (χ0n) is 9.58. The third-order valence-electron chi connectivity index (χ3n) is 1.95. The molecule has 0 aliphatic rings. The maximum absolute atomic E-state index is 11.3. The average molecular weight is 216 g/mol. The first-order chi connectivity index (χ1) is 6.99. The average Bonchev–Trinajstić information content (AvgIpc) is 2.16. The molecule has 5 heteroatoms. The Morgan fingerprint density at radius 2 is 2.00 bits per heavy atom. The number of carbonyl (C=O) groups is 2. The molecule has 88 valence electrons. The molecule has 5 nitrogen and oxygen atoms in total. The van der Waals surface area contributed by atoms with Crippen molar-refractivity contribution in [2.24, 2.45) is 11.7 Å². The SMILES string of the molecule is CCOC(=O)CCNC(=O)[C@@H](N)C(C)C. The Morgan fingerprint density at radius 1 is 1.40 bits per heavy atom. The van der Waals surface area contributed by atoms with Gasteiger partial charge in [0, 0.05) is 6.54 Å². The predicted molar refractivity (Wildman–Crippen MR) is 57.1 cm³/mol. The van der Waals surface area contributed by atoms with E-state index < -0.39 is 6.04 Å². The molecule has 3 N–H and O–H groups in total. The molecular weight excluding hydrogens is 196 g/mol. The van der Waals surface area contributed by atoms with Gasteiger partial charge in [0.2, 0.25) is 5.91 Å². The molecule has 0 fully saturated rings. The van der Waals surface area contributed by atoms with Gasteiger partial charge in [0.1, 0.15) is 0 Å². The second-order valence-corrected chi connectivity index (χ2v) is 3.62. The van der Waals surface area contributed by atoms with Crippen LogP contribution in [0.5, 0.6) is 0 Å². The molecular formula is C10H20N2O3. The van der Waals surface area contributed by atoms with Crippen molar-refractivity contribution in [2.45, 2.75) is 33.2 Å². The molecule has 0 aliphatic heterocycles. The normalized spacial score (nSPS) is 12.3. The molecule has 0 rings (SSSR count). The lowest BCUT2D eigenvalue weighted by Crippen LogP contribution is -2.44. The summed E-state index contributed by atoms with van der Waals surface area (Å²) in [6, 6.07) is -0.521. The van der Waals surface area contributed by atoms with Crippen LogP contribution in [0.2, 0.25) is 0 Å². The summed E-state index contributed by atoms with van der Waals surface area (Å²) in [5.41, 5.74) is 5.61. The third-order valence-corrected chi connectivity index (χ3v) is 1.95. The van der Waals surface area contributed by atoms with Crippen molar-refractivity contribution in [3.8, 4) is 0 Å². The van der Waals surface area contributed by atoms with Crippen molar-refractivity contribution < 1.29 is 14.3 Å². The van der Waals surface area contributed by atoms with Crippen LogP contribution >= 0.6 is 0 Å². The number of hydrogen-bond donors (Lipinski definition) is 2. The summed E-state index contributed by atoms with van der Waals surface area (Å²) in [7, 11) is 0. The number of rotatable bonds is 6. The van der Waals surface area contributed by atoms with Crippen molar-refractivity contribution in [1.29, 1.82) is 0 Å². The maximum Gasteiger partial charge on any atom is 0.307 e. The minimum Gasteiger partial charge on any atom is -0.466 e. The monoisotopic (exact) mass is 216 g/mol. The van der Waals surface area contributed by atoms with Crippen molar-refractivity contribution in [1.82, 2.24) is 5.32 Å². The molecule has 1 amide bonds.